The first kappa shape index (κ1) is 20.5. The number of phenols is 1. The fourth-order valence-electron chi connectivity index (χ4n) is 4.07. The minimum Gasteiger partial charge on any atom is -0.508 e. The number of phenolic OH excluding ortho intramolecular Hbond substituents is 1. The fraction of sp³-hybridized carbons (Fsp3) is 0.120. The predicted molar refractivity (Wildman–Crippen MR) is 130 cm³/mol. The van der Waals surface area contributed by atoms with Crippen LogP contribution in [0.4, 0.5) is 5.69 Å². The Balaban J connectivity index is 1.61. The van der Waals surface area contributed by atoms with Crippen molar-refractivity contribution in [2.75, 3.05) is 4.90 Å². The normalized spacial score (nSPS) is 18.1. The Hall–Kier alpha value is -3.35. The molecule has 0 radical (unpaired) electrons. The first-order valence-corrected chi connectivity index (χ1v) is 11.0. The molecule has 1 fully saturated rings. The largest absolute Gasteiger partial charge is 0.508 e. The number of aromatic hydroxyl groups is 1. The van der Waals surface area contributed by atoms with Crippen LogP contribution < -0.4 is 10.2 Å². The number of thiocarbonyl (C=S) groups is 1. The van der Waals surface area contributed by atoms with E-state index in [9.17, 15) is 5.11 Å². The summed E-state index contributed by atoms with van der Waals surface area (Å²) in [6.45, 7) is 1.98. The summed E-state index contributed by atoms with van der Waals surface area (Å²) >= 11 is 12.0. The van der Waals surface area contributed by atoms with Gasteiger partial charge in [0.25, 0.3) is 0 Å². The summed E-state index contributed by atoms with van der Waals surface area (Å²) < 4.78 is 6.39. The molecular formula is C25H20ClN3O2S. The summed E-state index contributed by atoms with van der Waals surface area (Å²) in [6, 6.07) is 22.0. The molecule has 2 atom stereocenters. The summed E-state index contributed by atoms with van der Waals surface area (Å²) in [6.07, 6.45) is 1.77. The first-order chi connectivity index (χ1) is 15.5. The lowest BCUT2D eigenvalue weighted by molar-refractivity contribution is 0.439. The summed E-state index contributed by atoms with van der Waals surface area (Å²) in [7, 11) is 0. The van der Waals surface area contributed by atoms with Gasteiger partial charge in [0.1, 0.15) is 23.3 Å². The molecule has 0 unspecified atom stereocenters. The van der Waals surface area contributed by atoms with Crippen LogP contribution in [0.5, 0.6) is 5.75 Å². The molecule has 0 aliphatic carbocycles. The molecule has 32 heavy (non-hydrogen) atoms. The third-order valence-electron chi connectivity index (χ3n) is 5.68. The fourth-order valence-corrected chi connectivity index (χ4v) is 4.59. The molecule has 1 aliphatic heterocycles. The van der Waals surface area contributed by atoms with E-state index in [-0.39, 0.29) is 17.8 Å². The van der Waals surface area contributed by atoms with Crippen LogP contribution in [-0.2, 0) is 0 Å². The van der Waals surface area contributed by atoms with Crippen LogP contribution in [0.15, 0.2) is 83.4 Å². The number of benzene rings is 2. The highest BCUT2D eigenvalue weighted by Crippen LogP contribution is 2.43. The van der Waals surface area contributed by atoms with Gasteiger partial charge < -0.3 is 19.7 Å². The van der Waals surface area contributed by atoms with E-state index in [1.54, 1.807) is 18.3 Å². The van der Waals surface area contributed by atoms with Gasteiger partial charge in [-0.3, -0.25) is 4.98 Å². The second-order valence-corrected chi connectivity index (χ2v) is 8.42. The Morgan fingerprint density at radius 2 is 1.84 bits per heavy atom. The van der Waals surface area contributed by atoms with Crippen LogP contribution in [0.25, 0.3) is 11.3 Å². The van der Waals surface area contributed by atoms with E-state index in [0.29, 0.717) is 10.1 Å². The van der Waals surface area contributed by atoms with Crippen LogP contribution in [0.3, 0.4) is 0 Å². The predicted octanol–water partition coefficient (Wildman–Crippen LogP) is 6.19. The maximum atomic E-state index is 9.75. The van der Waals surface area contributed by atoms with E-state index >= 15 is 0 Å². The number of pyridine rings is 1. The van der Waals surface area contributed by atoms with Crippen LogP contribution in [-0.4, -0.2) is 15.2 Å². The molecule has 0 bridgehead atoms. The monoisotopic (exact) mass is 461 g/mol. The smallest absolute Gasteiger partial charge is 0.174 e. The minimum absolute atomic E-state index is 0.196. The molecule has 5 rings (SSSR count). The van der Waals surface area contributed by atoms with E-state index in [0.717, 1.165) is 34.0 Å². The van der Waals surface area contributed by atoms with Gasteiger partial charge in [-0.15, -0.1) is 0 Å². The van der Waals surface area contributed by atoms with Gasteiger partial charge in [-0.1, -0.05) is 29.8 Å². The third kappa shape index (κ3) is 3.61. The van der Waals surface area contributed by atoms with Gasteiger partial charge in [0.15, 0.2) is 5.11 Å². The van der Waals surface area contributed by atoms with Crippen molar-refractivity contribution in [3.8, 4) is 17.1 Å². The first-order valence-electron chi connectivity index (χ1n) is 10.2. The van der Waals surface area contributed by atoms with Gasteiger partial charge in [0, 0.05) is 22.5 Å². The zero-order valence-corrected chi connectivity index (χ0v) is 18.8. The highest BCUT2D eigenvalue weighted by atomic mass is 35.5. The molecule has 0 saturated carbocycles. The van der Waals surface area contributed by atoms with E-state index < -0.39 is 0 Å². The lowest BCUT2D eigenvalue weighted by Gasteiger charge is -2.26. The molecule has 2 aromatic carbocycles. The molecule has 0 amide bonds. The average Bonchev–Trinajstić information content (AvgIpc) is 3.41. The highest BCUT2D eigenvalue weighted by molar-refractivity contribution is 7.80. The van der Waals surface area contributed by atoms with Crippen LogP contribution in [0, 0.1) is 6.92 Å². The van der Waals surface area contributed by atoms with Crippen molar-refractivity contribution in [2.24, 2.45) is 0 Å². The number of nitrogens with zero attached hydrogens (tertiary/aromatic N) is 2. The molecule has 4 aromatic rings. The van der Waals surface area contributed by atoms with Crippen molar-refractivity contribution in [2.45, 2.75) is 19.0 Å². The maximum Gasteiger partial charge on any atom is 0.174 e. The summed E-state index contributed by atoms with van der Waals surface area (Å²) in [4.78, 5) is 6.56. The van der Waals surface area contributed by atoms with Crippen molar-refractivity contribution in [3.63, 3.8) is 0 Å². The zero-order valence-electron chi connectivity index (χ0n) is 17.2. The van der Waals surface area contributed by atoms with Crippen LogP contribution in [0.2, 0.25) is 5.02 Å². The number of anilines is 1. The summed E-state index contributed by atoms with van der Waals surface area (Å²) in [5.41, 5.74) is 3.62. The number of hydrogen-bond donors (Lipinski definition) is 2. The van der Waals surface area contributed by atoms with Crippen molar-refractivity contribution < 1.29 is 9.52 Å². The molecule has 7 heteroatoms. The quantitative estimate of drug-likeness (QED) is 0.353. The SMILES string of the molecule is Cc1c(Cl)cccc1-c1ccc([C@@H]2[C@@H](c3ccccn3)NC(=S)N2c2ccc(O)cc2)o1. The Morgan fingerprint density at radius 3 is 2.59 bits per heavy atom. The second-order valence-electron chi connectivity index (χ2n) is 7.63. The Morgan fingerprint density at radius 1 is 1.03 bits per heavy atom. The van der Waals surface area contributed by atoms with Gasteiger partial charge in [-0.05, 0) is 79.3 Å². The summed E-state index contributed by atoms with van der Waals surface area (Å²) in [5.74, 6) is 1.68. The maximum absolute atomic E-state index is 9.75. The number of aromatic nitrogens is 1. The molecule has 1 aliphatic rings. The molecule has 3 heterocycles. The minimum atomic E-state index is -0.268. The van der Waals surface area contributed by atoms with Crippen molar-refractivity contribution in [1.82, 2.24) is 10.3 Å². The van der Waals surface area contributed by atoms with E-state index in [2.05, 4.69) is 10.3 Å². The topological polar surface area (TPSA) is 61.5 Å². The Bertz CT molecular complexity index is 1270. The average molecular weight is 462 g/mol. The lowest BCUT2D eigenvalue weighted by Crippen LogP contribution is -2.29. The number of rotatable bonds is 4. The van der Waals surface area contributed by atoms with Crippen molar-refractivity contribution in [1.29, 1.82) is 0 Å². The van der Waals surface area contributed by atoms with Gasteiger partial charge in [-0.2, -0.15) is 0 Å². The van der Waals surface area contributed by atoms with Crippen LogP contribution >= 0.6 is 23.8 Å². The molecule has 5 nitrogen and oxygen atoms in total. The Kier molecular flexibility index (Phi) is 5.33. The molecule has 2 N–H and O–H groups in total. The second kappa shape index (κ2) is 8.30. The highest BCUT2D eigenvalue weighted by Gasteiger charge is 2.42. The third-order valence-corrected chi connectivity index (χ3v) is 6.40. The molecule has 160 valence electrons. The van der Waals surface area contributed by atoms with Crippen LogP contribution in [0.1, 0.15) is 29.1 Å². The Labute approximate surface area is 196 Å². The van der Waals surface area contributed by atoms with Crippen molar-refractivity contribution >= 4 is 34.6 Å². The molecule has 0 spiro atoms. The van der Waals surface area contributed by atoms with Gasteiger partial charge in [0.2, 0.25) is 0 Å². The number of hydrogen-bond acceptors (Lipinski definition) is 4. The van der Waals surface area contributed by atoms with Crippen molar-refractivity contribution in [3.05, 3.63) is 101 Å². The molecule has 2 aromatic heterocycles. The van der Waals surface area contributed by atoms with E-state index in [1.165, 1.54) is 0 Å². The van der Waals surface area contributed by atoms with Gasteiger partial charge >= 0.3 is 0 Å². The lowest BCUT2D eigenvalue weighted by atomic mass is 10.0. The van der Waals surface area contributed by atoms with E-state index in [1.807, 2.05) is 72.5 Å². The van der Waals surface area contributed by atoms with E-state index in [4.69, 9.17) is 28.2 Å². The molecule has 1 saturated heterocycles. The van der Waals surface area contributed by atoms with Gasteiger partial charge in [0.05, 0.1) is 11.7 Å². The number of halogens is 1. The number of furan rings is 1. The zero-order chi connectivity index (χ0) is 22.2. The molecular weight excluding hydrogens is 442 g/mol. The van der Waals surface area contributed by atoms with Gasteiger partial charge in [-0.25, -0.2) is 0 Å². The number of nitrogens with one attached hydrogen (secondary N) is 1. The standard InChI is InChI=1S/C25H20ClN3O2S/c1-15-18(5-4-6-19(15)26)21-12-13-22(31-21)24-23(20-7-2-3-14-27-20)28-25(32)29(24)16-8-10-17(30)11-9-16/h2-14,23-24,30H,1H3,(H,28,32)/t23-,24-/m1/s1. The summed E-state index contributed by atoms with van der Waals surface area (Å²) in [5, 5.41) is 14.4.